The van der Waals surface area contributed by atoms with Crippen molar-refractivity contribution in [3.8, 4) is 0 Å². The van der Waals surface area contributed by atoms with Crippen LogP contribution >= 0.6 is 0 Å². The highest BCUT2D eigenvalue weighted by Gasteiger charge is 2.30. The van der Waals surface area contributed by atoms with Gasteiger partial charge in [0.05, 0.1) is 5.69 Å². The van der Waals surface area contributed by atoms with E-state index in [-0.39, 0.29) is 0 Å². The maximum atomic E-state index is 6.12. The van der Waals surface area contributed by atoms with E-state index in [1.165, 1.54) is 36.5 Å². The van der Waals surface area contributed by atoms with Crippen LogP contribution in [-0.2, 0) is 19.4 Å². The van der Waals surface area contributed by atoms with Crippen LogP contribution in [0.4, 0.5) is 0 Å². The van der Waals surface area contributed by atoms with E-state index in [1.807, 2.05) is 0 Å². The van der Waals surface area contributed by atoms with Crippen LogP contribution in [0.1, 0.15) is 49.8 Å². The van der Waals surface area contributed by atoms with Crippen LogP contribution in [0.2, 0.25) is 0 Å². The summed E-state index contributed by atoms with van der Waals surface area (Å²) in [6, 6.07) is 0.318. The zero-order chi connectivity index (χ0) is 11.3. The van der Waals surface area contributed by atoms with Gasteiger partial charge in [-0.1, -0.05) is 13.8 Å². The summed E-state index contributed by atoms with van der Waals surface area (Å²) in [5, 5.41) is 0. The Balaban J connectivity index is 2.05. The molecule has 0 radical (unpaired) electrons. The van der Waals surface area contributed by atoms with E-state index in [0.29, 0.717) is 12.0 Å². The molecular formula is C13H21N3. The molecule has 88 valence electrons. The summed E-state index contributed by atoms with van der Waals surface area (Å²) < 4.78 is 2.42. The largest absolute Gasteiger partial charge is 0.330 e. The number of rotatable bonds is 0. The van der Waals surface area contributed by atoms with Crippen molar-refractivity contribution in [2.45, 2.75) is 58.0 Å². The van der Waals surface area contributed by atoms with Crippen LogP contribution in [0.5, 0.6) is 0 Å². The first-order valence-corrected chi connectivity index (χ1v) is 6.49. The normalized spacial score (nSPS) is 33.3. The van der Waals surface area contributed by atoms with Gasteiger partial charge in [0.2, 0.25) is 0 Å². The highest BCUT2D eigenvalue weighted by molar-refractivity contribution is 5.24. The lowest BCUT2D eigenvalue weighted by Gasteiger charge is -2.28. The highest BCUT2D eigenvalue weighted by atomic mass is 15.1. The third-order valence-corrected chi connectivity index (χ3v) is 4.11. The van der Waals surface area contributed by atoms with Gasteiger partial charge >= 0.3 is 0 Å². The number of hydrogen-bond acceptors (Lipinski definition) is 2. The molecule has 1 aromatic heterocycles. The smallest absolute Gasteiger partial charge is 0.112 e. The van der Waals surface area contributed by atoms with Crippen molar-refractivity contribution in [3.63, 3.8) is 0 Å². The average molecular weight is 219 g/mol. The Hall–Kier alpha value is -0.830. The molecule has 1 aromatic rings. The second-order valence-corrected chi connectivity index (χ2v) is 5.72. The molecule has 3 atom stereocenters. The molecule has 3 nitrogen and oxygen atoms in total. The van der Waals surface area contributed by atoms with Crippen LogP contribution in [0.25, 0.3) is 0 Å². The fraction of sp³-hybridized carbons (Fsp3) is 0.769. The van der Waals surface area contributed by atoms with Crippen molar-refractivity contribution >= 4 is 0 Å². The number of nitrogens with two attached hydrogens (primary N) is 1. The third-order valence-electron chi connectivity index (χ3n) is 4.11. The Morgan fingerprint density at radius 3 is 3.00 bits per heavy atom. The van der Waals surface area contributed by atoms with Gasteiger partial charge in [0, 0.05) is 24.2 Å². The van der Waals surface area contributed by atoms with E-state index in [1.54, 1.807) is 0 Å². The van der Waals surface area contributed by atoms with E-state index in [9.17, 15) is 0 Å². The molecular weight excluding hydrogens is 198 g/mol. The van der Waals surface area contributed by atoms with E-state index in [0.717, 1.165) is 18.9 Å². The second kappa shape index (κ2) is 3.59. The lowest BCUT2D eigenvalue weighted by molar-refractivity contribution is 0.390. The van der Waals surface area contributed by atoms with Gasteiger partial charge in [-0.2, -0.15) is 0 Å². The Morgan fingerprint density at radius 1 is 1.38 bits per heavy atom. The van der Waals surface area contributed by atoms with Gasteiger partial charge in [0.15, 0.2) is 0 Å². The Bertz CT molecular complexity index is 408. The van der Waals surface area contributed by atoms with Crippen LogP contribution in [0, 0.1) is 5.92 Å². The zero-order valence-corrected chi connectivity index (χ0v) is 10.2. The SMILES string of the molecule is CC1CCc2nc3n(c2C1)CC(N)CC3C. The van der Waals surface area contributed by atoms with Crippen molar-refractivity contribution in [3.05, 3.63) is 17.2 Å². The molecule has 0 saturated heterocycles. The number of nitrogens with zero attached hydrogens (tertiary/aromatic N) is 2. The first-order valence-electron chi connectivity index (χ1n) is 6.49. The lowest BCUT2D eigenvalue weighted by Crippen LogP contribution is -2.34. The van der Waals surface area contributed by atoms with Crippen molar-refractivity contribution in [1.82, 2.24) is 9.55 Å². The van der Waals surface area contributed by atoms with Gasteiger partial charge in [-0.15, -0.1) is 0 Å². The molecule has 0 spiro atoms. The lowest BCUT2D eigenvalue weighted by atomic mass is 9.91. The molecule has 3 unspecified atom stereocenters. The van der Waals surface area contributed by atoms with E-state index >= 15 is 0 Å². The van der Waals surface area contributed by atoms with E-state index in [2.05, 4.69) is 18.4 Å². The third kappa shape index (κ3) is 1.49. The maximum absolute atomic E-state index is 6.12. The van der Waals surface area contributed by atoms with Gasteiger partial charge in [-0.25, -0.2) is 4.98 Å². The van der Waals surface area contributed by atoms with Crippen LogP contribution in [0.3, 0.4) is 0 Å². The molecule has 1 aliphatic carbocycles. The van der Waals surface area contributed by atoms with Gasteiger partial charge in [-0.05, 0) is 31.6 Å². The molecule has 2 N–H and O–H groups in total. The molecule has 0 saturated carbocycles. The Kier molecular flexibility index (Phi) is 2.32. The first-order chi connectivity index (χ1) is 7.65. The molecule has 16 heavy (non-hydrogen) atoms. The van der Waals surface area contributed by atoms with Crippen molar-refractivity contribution in [2.75, 3.05) is 0 Å². The minimum Gasteiger partial charge on any atom is -0.330 e. The number of aromatic nitrogens is 2. The van der Waals surface area contributed by atoms with Gasteiger partial charge in [0.25, 0.3) is 0 Å². The standard InChI is InChI=1S/C13H21N3/c1-8-3-4-11-12(5-8)16-7-10(14)6-9(2)13(16)15-11/h8-10H,3-7,14H2,1-2H3. The fourth-order valence-corrected chi connectivity index (χ4v) is 3.25. The quantitative estimate of drug-likeness (QED) is 0.723. The number of hydrogen-bond donors (Lipinski definition) is 1. The topological polar surface area (TPSA) is 43.8 Å². The van der Waals surface area contributed by atoms with Crippen LogP contribution in [-0.4, -0.2) is 15.6 Å². The van der Waals surface area contributed by atoms with Gasteiger partial charge < -0.3 is 10.3 Å². The summed E-state index contributed by atoms with van der Waals surface area (Å²) >= 11 is 0. The van der Waals surface area contributed by atoms with Gasteiger partial charge in [-0.3, -0.25) is 0 Å². The summed E-state index contributed by atoms with van der Waals surface area (Å²) in [7, 11) is 0. The summed E-state index contributed by atoms with van der Waals surface area (Å²) in [6.07, 6.45) is 4.75. The van der Waals surface area contributed by atoms with Gasteiger partial charge in [0.1, 0.15) is 5.82 Å². The maximum Gasteiger partial charge on any atom is 0.112 e. The number of fused-ring (bicyclic) bond motifs is 3. The second-order valence-electron chi connectivity index (χ2n) is 5.72. The zero-order valence-electron chi connectivity index (χ0n) is 10.2. The minimum absolute atomic E-state index is 0.318. The predicted molar refractivity (Wildman–Crippen MR) is 64.4 cm³/mol. The molecule has 3 heteroatoms. The van der Waals surface area contributed by atoms with E-state index < -0.39 is 0 Å². The first kappa shape index (κ1) is 10.3. The van der Waals surface area contributed by atoms with Crippen LogP contribution < -0.4 is 5.73 Å². The Labute approximate surface area is 97.0 Å². The Morgan fingerprint density at radius 2 is 2.19 bits per heavy atom. The fourth-order valence-electron chi connectivity index (χ4n) is 3.25. The molecule has 2 heterocycles. The molecule has 3 rings (SSSR count). The van der Waals surface area contributed by atoms with E-state index in [4.69, 9.17) is 10.7 Å². The van der Waals surface area contributed by atoms with Crippen molar-refractivity contribution in [2.24, 2.45) is 11.7 Å². The highest BCUT2D eigenvalue weighted by Crippen LogP contribution is 2.32. The summed E-state index contributed by atoms with van der Waals surface area (Å²) in [5.41, 5.74) is 8.96. The molecule has 0 amide bonds. The summed E-state index contributed by atoms with van der Waals surface area (Å²) in [6.45, 7) is 5.58. The van der Waals surface area contributed by atoms with Crippen molar-refractivity contribution in [1.29, 1.82) is 0 Å². The molecule has 0 bridgehead atoms. The summed E-state index contributed by atoms with van der Waals surface area (Å²) in [5.74, 6) is 2.63. The molecule has 0 fully saturated rings. The predicted octanol–water partition coefficient (Wildman–Crippen LogP) is 1.84. The molecule has 0 aromatic carbocycles. The van der Waals surface area contributed by atoms with Crippen LogP contribution in [0.15, 0.2) is 0 Å². The number of imidazole rings is 1. The monoisotopic (exact) mass is 219 g/mol. The molecule has 1 aliphatic heterocycles. The number of aryl methyl sites for hydroxylation is 1. The summed E-state index contributed by atoms with van der Waals surface area (Å²) in [4.78, 5) is 4.85. The minimum atomic E-state index is 0.318. The average Bonchev–Trinajstić information content (AvgIpc) is 2.57. The van der Waals surface area contributed by atoms with Crippen molar-refractivity contribution < 1.29 is 0 Å². The molecule has 2 aliphatic rings.